The fourth-order valence-electron chi connectivity index (χ4n) is 3.40. The zero-order valence-corrected chi connectivity index (χ0v) is 12.1. The van der Waals surface area contributed by atoms with Gasteiger partial charge in [-0.05, 0) is 42.4 Å². The lowest BCUT2D eigenvalue weighted by Crippen LogP contribution is -2.09. The first-order valence-corrected chi connectivity index (χ1v) is 7.51. The number of aryl methyl sites for hydroxylation is 1. The molecule has 1 aromatic carbocycles. The monoisotopic (exact) mass is 275 g/mol. The van der Waals surface area contributed by atoms with Crippen molar-refractivity contribution in [1.82, 2.24) is 15.0 Å². The van der Waals surface area contributed by atoms with Gasteiger partial charge in [0.1, 0.15) is 6.33 Å². The SMILES string of the molecule is CC1CCCc2cccc(-c3cc4ncncc4cn3)c21. The lowest BCUT2D eigenvalue weighted by atomic mass is 9.80. The summed E-state index contributed by atoms with van der Waals surface area (Å²) in [5.41, 5.74) is 6.20. The van der Waals surface area contributed by atoms with Gasteiger partial charge in [-0.25, -0.2) is 9.97 Å². The van der Waals surface area contributed by atoms with E-state index in [0.717, 1.165) is 16.6 Å². The topological polar surface area (TPSA) is 38.7 Å². The molecule has 21 heavy (non-hydrogen) atoms. The van der Waals surface area contributed by atoms with Crippen LogP contribution in [0.3, 0.4) is 0 Å². The second-order valence-corrected chi connectivity index (χ2v) is 5.82. The molecule has 3 nitrogen and oxygen atoms in total. The van der Waals surface area contributed by atoms with Crippen LogP contribution in [0.2, 0.25) is 0 Å². The smallest absolute Gasteiger partial charge is 0.116 e. The number of rotatable bonds is 1. The van der Waals surface area contributed by atoms with Crippen LogP contribution < -0.4 is 0 Å². The van der Waals surface area contributed by atoms with E-state index >= 15 is 0 Å². The highest BCUT2D eigenvalue weighted by molar-refractivity contribution is 5.81. The number of aromatic nitrogens is 3. The molecule has 0 N–H and O–H groups in total. The molecule has 0 amide bonds. The summed E-state index contributed by atoms with van der Waals surface area (Å²) in [6.45, 7) is 2.32. The molecule has 3 aromatic rings. The number of fused-ring (bicyclic) bond motifs is 2. The molecule has 4 rings (SSSR count). The largest absolute Gasteiger partial charge is 0.255 e. The Balaban J connectivity index is 1.92. The summed E-state index contributed by atoms with van der Waals surface area (Å²) in [6.07, 6.45) is 9.01. The minimum atomic E-state index is 0.604. The lowest BCUT2D eigenvalue weighted by Gasteiger charge is -2.25. The molecular weight excluding hydrogens is 258 g/mol. The van der Waals surface area contributed by atoms with Crippen LogP contribution in [0.15, 0.2) is 43.0 Å². The second kappa shape index (κ2) is 4.92. The van der Waals surface area contributed by atoms with E-state index in [-0.39, 0.29) is 0 Å². The average Bonchev–Trinajstić information content (AvgIpc) is 2.54. The van der Waals surface area contributed by atoms with Crippen molar-refractivity contribution in [3.63, 3.8) is 0 Å². The third-order valence-electron chi connectivity index (χ3n) is 4.44. The van der Waals surface area contributed by atoms with Crippen LogP contribution in [0.25, 0.3) is 22.2 Å². The van der Waals surface area contributed by atoms with E-state index in [9.17, 15) is 0 Å². The number of pyridine rings is 1. The summed E-state index contributed by atoms with van der Waals surface area (Å²) in [7, 11) is 0. The molecule has 1 atom stereocenters. The number of hydrogen-bond donors (Lipinski definition) is 0. The fraction of sp³-hybridized carbons (Fsp3) is 0.278. The number of nitrogens with zero attached hydrogens (tertiary/aromatic N) is 3. The predicted octanol–water partition coefficient (Wildman–Crippen LogP) is 4.13. The molecule has 2 aromatic heterocycles. The Labute approximate surface area is 124 Å². The summed E-state index contributed by atoms with van der Waals surface area (Å²) < 4.78 is 0. The van der Waals surface area contributed by atoms with Crippen molar-refractivity contribution >= 4 is 10.9 Å². The highest BCUT2D eigenvalue weighted by Crippen LogP contribution is 2.38. The Morgan fingerprint density at radius 2 is 2.10 bits per heavy atom. The van der Waals surface area contributed by atoms with Crippen LogP contribution in [-0.2, 0) is 6.42 Å². The molecule has 0 saturated heterocycles. The highest BCUT2D eigenvalue weighted by Gasteiger charge is 2.20. The summed E-state index contributed by atoms with van der Waals surface area (Å²) in [4.78, 5) is 13.0. The number of benzene rings is 1. The maximum Gasteiger partial charge on any atom is 0.116 e. The molecular formula is C18H17N3. The van der Waals surface area contributed by atoms with Crippen molar-refractivity contribution < 1.29 is 0 Å². The van der Waals surface area contributed by atoms with Crippen LogP contribution in [0.1, 0.15) is 36.8 Å². The Kier molecular flexibility index (Phi) is 2.92. The van der Waals surface area contributed by atoms with Crippen LogP contribution in [0.5, 0.6) is 0 Å². The minimum Gasteiger partial charge on any atom is -0.255 e. The molecule has 0 fully saturated rings. The van der Waals surface area contributed by atoms with Gasteiger partial charge in [-0.1, -0.05) is 25.1 Å². The third-order valence-corrected chi connectivity index (χ3v) is 4.44. The summed E-state index contributed by atoms with van der Waals surface area (Å²) in [5, 5.41) is 0.985. The third kappa shape index (κ3) is 2.09. The first kappa shape index (κ1) is 12.5. The van der Waals surface area contributed by atoms with Gasteiger partial charge in [-0.2, -0.15) is 0 Å². The van der Waals surface area contributed by atoms with Crippen LogP contribution >= 0.6 is 0 Å². The molecule has 3 heteroatoms. The van der Waals surface area contributed by atoms with Gasteiger partial charge in [0, 0.05) is 23.3 Å². The molecule has 0 spiro atoms. The molecule has 1 aliphatic carbocycles. The van der Waals surface area contributed by atoms with E-state index in [1.54, 1.807) is 6.33 Å². The van der Waals surface area contributed by atoms with Crippen molar-refractivity contribution in [2.75, 3.05) is 0 Å². The normalized spacial score (nSPS) is 17.7. The van der Waals surface area contributed by atoms with Gasteiger partial charge < -0.3 is 0 Å². The average molecular weight is 275 g/mol. The van der Waals surface area contributed by atoms with E-state index in [0.29, 0.717) is 5.92 Å². The van der Waals surface area contributed by atoms with E-state index in [1.807, 2.05) is 12.4 Å². The van der Waals surface area contributed by atoms with Crippen molar-refractivity contribution in [2.45, 2.75) is 32.1 Å². The molecule has 0 aliphatic heterocycles. The maximum atomic E-state index is 4.64. The zero-order valence-electron chi connectivity index (χ0n) is 12.1. The van der Waals surface area contributed by atoms with Gasteiger partial charge in [0.2, 0.25) is 0 Å². The standard InChI is InChI=1S/C18H17N3/c1-12-4-2-5-13-6-3-7-15(18(12)13)17-8-16-14(10-20-17)9-19-11-21-16/h3,6-12H,2,4-5H2,1H3. The van der Waals surface area contributed by atoms with Gasteiger partial charge in [-0.3, -0.25) is 4.98 Å². The predicted molar refractivity (Wildman–Crippen MR) is 84.1 cm³/mol. The van der Waals surface area contributed by atoms with E-state index in [4.69, 9.17) is 0 Å². The van der Waals surface area contributed by atoms with Gasteiger partial charge in [0.25, 0.3) is 0 Å². The van der Waals surface area contributed by atoms with Crippen molar-refractivity contribution in [3.8, 4) is 11.3 Å². The van der Waals surface area contributed by atoms with Crippen molar-refractivity contribution in [1.29, 1.82) is 0 Å². The van der Waals surface area contributed by atoms with E-state index < -0.39 is 0 Å². The lowest BCUT2D eigenvalue weighted by molar-refractivity contribution is 0.591. The van der Waals surface area contributed by atoms with Crippen LogP contribution in [-0.4, -0.2) is 15.0 Å². The molecule has 1 unspecified atom stereocenters. The van der Waals surface area contributed by atoms with Crippen LogP contribution in [0, 0.1) is 0 Å². The minimum absolute atomic E-state index is 0.604. The molecule has 1 aliphatic rings. The first-order chi connectivity index (χ1) is 10.3. The molecule has 0 saturated carbocycles. The fourth-order valence-corrected chi connectivity index (χ4v) is 3.40. The molecule has 2 heterocycles. The van der Waals surface area contributed by atoms with Crippen molar-refractivity contribution in [2.24, 2.45) is 0 Å². The quantitative estimate of drug-likeness (QED) is 0.670. The van der Waals surface area contributed by atoms with Crippen molar-refractivity contribution in [3.05, 3.63) is 54.1 Å². The van der Waals surface area contributed by atoms with Gasteiger partial charge in [0.05, 0.1) is 11.2 Å². The molecule has 0 radical (unpaired) electrons. The van der Waals surface area contributed by atoms with E-state index in [2.05, 4.69) is 46.1 Å². The van der Waals surface area contributed by atoms with Gasteiger partial charge in [0.15, 0.2) is 0 Å². The number of hydrogen-bond acceptors (Lipinski definition) is 3. The zero-order chi connectivity index (χ0) is 14.2. The summed E-state index contributed by atoms with van der Waals surface area (Å²) in [5.74, 6) is 0.604. The molecule has 104 valence electrons. The first-order valence-electron chi connectivity index (χ1n) is 7.51. The van der Waals surface area contributed by atoms with Crippen LogP contribution in [0.4, 0.5) is 0 Å². The Morgan fingerprint density at radius 3 is 3.05 bits per heavy atom. The van der Waals surface area contributed by atoms with Gasteiger partial charge in [-0.15, -0.1) is 0 Å². The summed E-state index contributed by atoms with van der Waals surface area (Å²) in [6, 6.07) is 8.68. The molecule has 0 bridgehead atoms. The summed E-state index contributed by atoms with van der Waals surface area (Å²) >= 11 is 0. The van der Waals surface area contributed by atoms with E-state index in [1.165, 1.54) is 36.0 Å². The Hall–Kier alpha value is -2.29. The maximum absolute atomic E-state index is 4.64. The highest BCUT2D eigenvalue weighted by atomic mass is 14.8. The van der Waals surface area contributed by atoms with Gasteiger partial charge >= 0.3 is 0 Å². The second-order valence-electron chi connectivity index (χ2n) is 5.82. The Morgan fingerprint density at radius 1 is 1.14 bits per heavy atom. The Bertz CT molecular complexity index is 810.